The number of benzene rings is 1. The van der Waals surface area contributed by atoms with Crippen LogP contribution in [0.4, 0.5) is 10.5 Å². The van der Waals surface area contributed by atoms with Crippen molar-refractivity contribution in [3.63, 3.8) is 0 Å². The number of nitrogens with one attached hydrogen (secondary N) is 2. The Balaban J connectivity index is 1.96. The van der Waals surface area contributed by atoms with Gasteiger partial charge < -0.3 is 15.7 Å². The van der Waals surface area contributed by atoms with Crippen LogP contribution in [0.25, 0.3) is 0 Å². The van der Waals surface area contributed by atoms with E-state index in [1.807, 2.05) is 12.3 Å². The van der Waals surface area contributed by atoms with E-state index in [-0.39, 0.29) is 10.6 Å². The van der Waals surface area contributed by atoms with Crippen LogP contribution >= 0.6 is 22.9 Å². The zero-order valence-electron chi connectivity index (χ0n) is 11.0. The van der Waals surface area contributed by atoms with Gasteiger partial charge in [0.1, 0.15) is 5.01 Å². The maximum atomic E-state index is 11.7. The highest BCUT2D eigenvalue weighted by atomic mass is 35.5. The van der Waals surface area contributed by atoms with Crippen molar-refractivity contribution in [2.75, 3.05) is 5.32 Å². The third kappa shape index (κ3) is 4.17. The number of aromatic nitrogens is 1. The number of halogens is 1. The molecule has 2 rings (SSSR count). The lowest BCUT2D eigenvalue weighted by Gasteiger charge is -2.08. The molecule has 2 amide bonds. The molecule has 0 saturated heterocycles. The van der Waals surface area contributed by atoms with Gasteiger partial charge in [-0.25, -0.2) is 14.6 Å². The molecule has 0 aliphatic heterocycles. The number of hydrogen-bond donors (Lipinski definition) is 3. The summed E-state index contributed by atoms with van der Waals surface area (Å²) in [7, 11) is 0. The first-order valence-electron chi connectivity index (χ1n) is 5.94. The summed E-state index contributed by atoms with van der Waals surface area (Å²) in [6, 6.07) is 3.81. The highest BCUT2D eigenvalue weighted by molar-refractivity contribution is 7.09. The second kappa shape index (κ2) is 6.55. The number of thiazole rings is 1. The van der Waals surface area contributed by atoms with E-state index in [2.05, 4.69) is 15.6 Å². The second-order valence-corrected chi connectivity index (χ2v) is 5.54. The van der Waals surface area contributed by atoms with E-state index < -0.39 is 12.0 Å². The van der Waals surface area contributed by atoms with Crippen molar-refractivity contribution in [3.8, 4) is 0 Å². The van der Waals surface area contributed by atoms with E-state index in [0.29, 0.717) is 12.2 Å². The molecule has 1 heterocycles. The summed E-state index contributed by atoms with van der Waals surface area (Å²) in [5.41, 5.74) is 1.19. The van der Waals surface area contributed by atoms with Gasteiger partial charge in [0.15, 0.2) is 0 Å². The number of carboxylic acids is 1. The van der Waals surface area contributed by atoms with Crippen LogP contribution in [0.15, 0.2) is 23.6 Å². The summed E-state index contributed by atoms with van der Waals surface area (Å²) >= 11 is 7.21. The molecule has 0 spiro atoms. The highest BCUT2D eigenvalue weighted by Crippen LogP contribution is 2.20. The van der Waals surface area contributed by atoms with Gasteiger partial charge in [-0.2, -0.15) is 0 Å². The minimum atomic E-state index is -1.15. The number of nitrogens with zero attached hydrogens (tertiary/aromatic N) is 1. The van der Waals surface area contributed by atoms with Gasteiger partial charge in [-0.1, -0.05) is 11.6 Å². The van der Waals surface area contributed by atoms with Crippen LogP contribution in [0.3, 0.4) is 0 Å². The number of hydrogen-bond acceptors (Lipinski definition) is 4. The van der Waals surface area contributed by atoms with Crippen LogP contribution in [-0.2, 0) is 6.54 Å². The number of rotatable bonds is 4. The molecule has 0 saturated carbocycles. The van der Waals surface area contributed by atoms with E-state index in [4.69, 9.17) is 16.7 Å². The van der Waals surface area contributed by atoms with Crippen LogP contribution in [0.1, 0.15) is 21.1 Å². The molecule has 0 unspecified atom stereocenters. The number of carbonyl (C=O) groups is 2. The van der Waals surface area contributed by atoms with Crippen molar-refractivity contribution < 1.29 is 14.7 Å². The first-order valence-corrected chi connectivity index (χ1v) is 7.20. The molecular weight excluding hydrogens is 314 g/mol. The molecule has 1 aromatic carbocycles. The van der Waals surface area contributed by atoms with Crippen molar-refractivity contribution in [1.82, 2.24) is 10.3 Å². The summed E-state index contributed by atoms with van der Waals surface area (Å²) in [4.78, 5) is 26.9. The molecule has 0 bridgehead atoms. The molecule has 0 aliphatic rings. The maximum Gasteiger partial charge on any atom is 0.337 e. The normalized spacial score (nSPS) is 10.2. The molecular formula is C13H12ClN3O3S. The number of urea groups is 1. The SMILES string of the molecule is Cc1csc(CNC(=O)Nc2ccc(Cl)c(C(=O)O)c2)n1. The van der Waals surface area contributed by atoms with Crippen LogP contribution in [0, 0.1) is 6.92 Å². The molecule has 6 nitrogen and oxygen atoms in total. The van der Waals surface area contributed by atoms with E-state index >= 15 is 0 Å². The molecule has 0 atom stereocenters. The van der Waals surface area contributed by atoms with Gasteiger partial charge in [0, 0.05) is 16.8 Å². The Labute approximate surface area is 129 Å². The van der Waals surface area contributed by atoms with Gasteiger partial charge in [0.05, 0.1) is 17.1 Å². The predicted octanol–water partition coefficient (Wildman–Crippen LogP) is 3.12. The number of carboxylic acid groups (broad SMARTS) is 1. The van der Waals surface area contributed by atoms with E-state index in [1.165, 1.54) is 29.5 Å². The number of aromatic carboxylic acids is 1. The minimum absolute atomic E-state index is 0.0648. The van der Waals surface area contributed by atoms with Gasteiger partial charge in [-0.05, 0) is 25.1 Å². The monoisotopic (exact) mass is 325 g/mol. The lowest BCUT2D eigenvalue weighted by atomic mass is 10.2. The van der Waals surface area contributed by atoms with Gasteiger partial charge in [0.25, 0.3) is 0 Å². The van der Waals surface area contributed by atoms with Crippen molar-refractivity contribution >= 4 is 40.6 Å². The van der Waals surface area contributed by atoms with E-state index in [0.717, 1.165) is 10.7 Å². The van der Waals surface area contributed by atoms with Crippen LogP contribution < -0.4 is 10.6 Å². The number of aryl methyl sites for hydroxylation is 1. The van der Waals surface area contributed by atoms with Crippen molar-refractivity contribution in [1.29, 1.82) is 0 Å². The van der Waals surface area contributed by atoms with Gasteiger partial charge in [0.2, 0.25) is 0 Å². The molecule has 8 heteroatoms. The molecule has 0 aliphatic carbocycles. The van der Waals surface area contributed by atoms with Crippen LogP contribution in [-0.4, -0.2) is 22.1 Å². The summed E-state index contributed by atoms with van der Waals surface area (Å²) in [6.45, 7) is 2.19. The standard InChI is InChI=1S/C13H12ClN3O3S/c1-7-6-21-11(16-7)5-15-13(20)17-8-2-3-10(14)9(4-8)12(18)19/h2-4,6H,5H2,1H3,(H,18,19)(H2,15,17,20). The molecule has 2 aromatic rings. The fourth-order valence-electron chi connectivity index (χ4n) is 1.58. The molecule has 0 fully saturated rings. The summed E-state index contributed by atoms with van der Waals surface area (Å²) < 4.78 is 0. The lowest BCUT2D eigenvalue weighted by Crippen LogP contribution is -2.28. The fraction of sp³-hybridized carbons (Fsp3) is 0.154. The Bertz CT molecular complexity index is 687. The van der Waals surface area contributed by atoms with Gasteiger partial charge in [-0.3, -0.25) is 0 Å². The lowest BCUT2D eigenvalue weighted by molar-refractivity contribution is 0.0697. The van der Waals surface area contributed by atoms with Crippen molar-refractivity contribution in [2.45, 2.75) is 13.5 Å². The Kier molecular flexibility index (Phi) is 4.77. The zero-order valence-corrected chi connectivity index (χ0v) is 12.6. The second-order valence-electron chi connectivity index (χ2n) is 4.19. The average Bonchev–Trinajstić information content (AvgIpc) is 2.84. The first-order chi connectivity index (χ1) is 9.95. The quantitative estimate of drug-likeness (QED) is 0.805. The number of carbonyl (C=O) groups excluding carboxylic acids is 1. The largest absolute Gasteiger partial charge is 0.478 e. The third-order valence-electron chi connectivity index (χ3n) is 2.52. The fourth-order valence-corrected chi connectivity index (χ4v) is 2.49. The van der Waals surface area contributed by atoms with Crippen LogP contribution in [0.2, 0.25) is 5.02 Å². The predicted molar refractivity (Wildman–Crippen MR) is 81.1 cm³/mol. The Morgan fingerprint density at radius 2 is 2.19 bits per heavy atom. The van der Waals surface area contributed by atoms with Gasteiger partial charge in [-0.15, -0.1) is 11.3 Å². The topological polar surface area (TPSA) is 91.3 Å². The first kappa shape index (κ1) is 15.3. The summed E-state index contributed by atoms with van der Waals surface area (Å²) in [5, 5.41) is 17.0. The van der Waals surface area contributed by atoms with Gasteiger partial charge >= 0.3 is 12.0 Å². The molecule has 21 heavy (non-hydrogen) atoms. The van der Waals surface area contributed by atoms with E-state index in [1.54, 1.807) is 0 Å². The molecule has 3 N–H and O–H groups in total. The van der Waals surface area contributed by atoms with Crippen molar-refractivity contribution in [2.24, 2.45) is 0 Å². The summed E-state index contributed by atoms with van der Waals surface area (Å²) in [6.07, 6.45) is 0. The Morgan fingerprint density at radius 3 is 2.81 bits per heavy atom. The molecule has 1 aromatic heterocycles. The molecule has 0 radical (unpaired) electrons. The Morgan fingerprint density at radius 1 is 1.43 bits per heavy atom. The summed E-state index contributed by atoms with van der Waals surface area (Å²) in [5.74, 6) is -1.15. The number of amides is 2. The smallest absolute Gasteiger partial charge is 0.337 e. The van der Waals surface area contributed by atoms with E-state index in [9.17, 15) is 9.59 Å². The zero-order chi connectivity index (χ0) is 15.4. The maximum absolute atomic E-state index is 11.7. The number of anilines is 1. The molecule has 110 valence electrons. The Hall–Kier alpha value is -2.12. The average molecular weight is 326 g/mol. The highest BCUT2D eigenvalue weighted by Gasteiger charge is 2.11. The minimum Gasteiger partial charge on any atom is -0.478 e. The van der Waals surface area contributed by atoms with Crippen LogP contribution in [0.5, 0.6) is 0 Å². The van der Waals surface area contributed by atoms with Crippen molar-refractivity contribution in [3.05, 3.63) is 44.9 Å². The third-order valence-corrected chi connectivity index (χ3v) is 3.82.